The van der Waals surface area contributed by atoms with E-state index >= 15 is 0 Å². The zero-order chi connectivity index (χ0) is 13.6. The molecule has 7 heteroatoms. The van der Waals surface area contributed by atoms with Gasteiger partial charge in [-0.05, 0) is 30.7 Å². The molecule has 0 atom stereocenters. The molecular formula is C11H14F3N3O. The number of hydrogen-bond donors (Lipinski definition) is 2. The quantitative estimate of drug-likeness (QED) is 0.378. The van der Waals surface area contributed by atoms with E-state index in [0.29, 0.717) is 17.9 Å². The van der Waals surface area contributed by atoms with Crippen LogP contribution >= 0.6 is 0 Å². The topological polar surface area (TPSA) is 59.6 Å². The van der Waals surface area contributed by atoms with E-state index in [1.807, 2.05) is 6.92 Å². The predicted molar refractivity (Wildman–Crippen MR) is 62.1 cm³/mol. The van der Waals surface area contributed by atoms with Gasteiger partial charge < -0.3 is 10.2 Å². The van der Waals surface area contributed by atoms with Crippen molar-refractivity contribution in [2.45, 2.75) is 19.7 Å². The van der Waals surface area contributed by atoms with Crippen LogP contribution < -0.4 is 16.0 Å². The van der Waals surface area contributed by atoms with E-state index in [1.54, 1.807) is 0 Å². The Balaban J connectivity index is 2.81. The third-order valence-corrected chi connectivity index (χ3v) is 1.99. The van der Waals surface area contributed by atoms with E-state index in [1.165, 1.54) is 24.3 Å². The molecular weight excluding hydrogens is 247 g/mol. The maximum Gasteiger partial charge on any atom is 0.573 e. The number of hydrazine groups is 1. The van der Waals surface area contributed by atoms with Crippen molar-refractivity contribution in [1.82, 2.24) is 5.43 Å². The van der Waals surface area contributed by atoms with Crippen LogP contribution in [0.4, 0.5) is 13.2 Å². The van der Waals surface area contributed by atoms with Gasteiger partial charge in [0, 0.05) is 12.1 Å². The molecule has 0 unspecified atom stereocenters. The van der Waals surface area contributed by atoms with Crippen LogP contribution in [0.1, 0.15) is 18.9 Å². The first-order chi connectivity index (χ1) is 8.46. The molecule has 1 rings (SSSR count). The third-order valence-electron chi connectivity index (χ3n) is 1.99. The van der Waals surface area contributed by atoms with Crippen molar-refractivity contribution in [3.05, 3.63) is 29.8 Å². The van der Waals surface area contributed by atoms with Crippen molar-refractivity contribution in [1.29, 1.82) is 0 Å². The molecule has 0 aromatic heterocycles. The highest BCUT2D eigenvalue weighted by atomic mass is 19.4. The van der Waals surface area contributed by atoms with Gasteiger partial charge in [-0.2, -0.15) is 0 Å². The summed E-state index contributed by atoms with van der Waals surface area (Å²) in [7, 11) is 0. The number of amidine groups is 1. The van der Waals surface area contributed by atoms with Gasteiger partial charge in [-0.15, -0.1) is 13.2 Å². The average molecular weight is 261 g/mol. The Morgan fingerprint density at radius 3 is 2.39 bits per heavy atom. The number of aliphatic imine (C=N–C) groups is 1. The van der Waals surface area contributed by atoms with Crippen LogP contribution in [0.15, 0.2) is 29.3 Å². The number of hydrogen-bond acceptors (Lipinski definition) is 3. The fraction of sp³-hybridized carbons (Fsp3) is 0.364. The average Bonchev–Trinajstić information content (AvgIpc) is 2.30. The van der Waals surface area contributed by atoms with Gasteiger partial charge >= 0.3 is 6.36 Å². The maximum absolute atomic E-state index is 12.0. The summed E-state index contributed by atoms with van der Waals surface area (Å²) < 4.78 is 39.6. The Hall–Kier alpha value is -1.76. The molecule has 4 nitrogen and oxygen atoms in total. The van der Waals surface area contributed by atoms with Crippen molar-refractivity contribution >= 4 is 5.84 Å². The molecule has 0 heterocycles. The SMILES string of the molecule is CCCN=C(NN)c1ccc(OC(F)(F)F)cc1. The lowest BCUT2D eigenvalue weighted by Crippen LogP contribution is -2.31. The molecule has 18 heavy (non-hydrogen) atoms. The van der Waals surface area contributed by atoms with Crippen LogP contribution in [0.3, 0.4) is 0 Å². The molecule has 0 bridgehead atoms. The largest absolute Gasteiger partial charge is 0.573 e. The molecule has 0 aliphatic heterocycles. The van der Waals surface area contributed by atoms with Crippen LogP contribution in [0, 0.1) is 0 Å². The minimum absolute atomic E-state index is 0.280. The maximum atomic E-state index is 12.0. The van der Waals surface area contributed by atoms with Crippen molar-refractivity contribution < 1.29 is 17.9 Å². The van der Waals surface area contributed by atoms with E-state index in [2.05, 4.69) is 15.2 Å². The van der Waals surface area contributed by atoms with Crippen molar-refractivity contribution in [3.63, 3.8) is 0 Å². The second kappa shape index (κ2) is 6.25. The molecule has 0 spiro atoms. The van der Waals surface area contributed by atoms with Gasteiger partial charge in [0.1, 0.15) is 11.6 Å². The minimum atomic E-state index is -4.69. The molecule has 0 amide bonds. The summed E-state index contributed by atoms with van der Waals surface area (Å²) in [5.74, 6) is 5.44. The Labute approximate surface area is 103 Å². The summed E-state index contributed by atoms with van der Waals surface area (Å²) in [5.41, 5.74) is 3.01. The normalized spacial score (nSPS) is 12.4. The number of rotatable bonds is 4. The first-order valence-corrected chi connectivity index (χ1v) is 5.33. The van der Waals surface area contributed by atoms with E-state index in [0.717, 1.165) is 6.42 Å². The first kappa shape index (κ1) is 14.3. The Morgan fingerprint density at radius 1 is 1.33 bits per heavy atom. The van der Waals surface area contributed by atoms with Gasteiger partial charge in [0.05, 0.1) is 0 Å². The van der Waals surface area contributed by atoms with E-state index in [9.17, 15) is 13.2 Å². The minimum Gasteiger partial charge on any atom is -0.406 e. The molecule has 0 aliphatic carbocycles. The van der Waals surface area contributed by atoms with Gasteiger partial charge in [-0.1, -0.05) is 6.92 Å². The lowest BCUT2D eigenvalue weighted by atomic mass is 10.2. The summed E-state index contributed by atoms with van der Waals surface area (Å²) in [6.07, 6.45) is -3.84. The molecule has 0 aliphatic rings. The highest BCUT2D eigenvalue weighted by molar-refractivity contribution is 5.98. The highest BCUT2D eigenvalue weighted by Gasteiger charge is 2.30. The lowest BCUT2D eigenvalue weighted by Gasteiger charge is -2.10. The van der Waals surface area contributed by atoms with Crippen molar-refractivity contribution in [2.24, 2.45) is 10.8 Å². The molecule has 3 N–H and O–H groups in total. The van der Waals surface area contributed by atoms with Crippen LogP contribution in [-0.2, 0) is 0 Å². The third kappa shape index (κ3) is 4.62. The number of alkyl halides is 3. The lowest BCUT2D eigenvalue weighted by molar-refractivity contribution is -0.274. The van der Waals surface area contributed by atoms with Gasteiger partial charge in [0.2, 0.25) is 0 Å². The Morgan fingerprint density at radius 2 is 1.94 bits per heavy atom. The molecule has 0 radical (unpaired) electrons. The highest BCUT2D eigenvalue weighted by Crippen LogP contribution is 2.22. The zero-order valence-corrected chi connectivity index (χ0v) is 9.79. The number of nitrogens with one attached hydrogen (secondary N) is 1. The molecule has 100 valence electrons. The van der Waals surface area contributed by atoms with E-state index < -0.39 is 6.36 Å². The summed E-state index contributed by atoms with van der Waals surface area (Å²) in [4.78, 5) is 4.15. The summed E-state index contributed by atoms with van der Waals surface area (Å²) in [6, 6.07) is 5.33. The monoisotopic (exact) mass is 261 g/mol. The molecule has 1 aromatic carbocycles. The van der Waals surface area contributed by atoms with Gasteiger partial charge in [0.15, 0.2) is 0 Å². The van der Waals surface area contributed by atoms with Crippen LogP contribution in [0.5, 0.6) is 5.75 Å². The molecule has 0 saturated carbocycles. The number of nitrogens with zero attached hydrogens (tertiary/aromatic N) is 1. The van der Waals surface area contributed by atoms with Crippen LogP contribution in [0.2, 0.25) is 0 Å². The number of ether oxygens (including phenoxy) is 1. The second-order valence-electron chi connectivity index (χ2n) is 3.45. The molecule has 1 aromatic rings. The Kier molecular flexibility index (Phi) is 4.96. The zero-order valence-electron chi connectivity index (χ0n) is 9.79. The number of benzene rings is 1. The summed E-state index contributed by atoms with van der Waals surface area (Å²) in [6.45, 7) is 2.54. The van der Waals surface area contributed by atoms with Gasteiger partial charge in [-0.3, -0.25) is 4.99 Å². The molecule has 0 saturated heterocycles. The summed E-state index contributed by atoms with van der Waals surface area (Å²) >= 11 is 0. The predicted octanol–water partition coefficient (Wildman–Crippen LogP) is 2.21. The smallest absolute Gasteiger partial charge is 0.406 e. The van der Waals surface area contributed by atoms with Crippen LogP contribution in [0.25, 0.3) is 0 Å². The fourth-order valence-corrected chi connectivity index (χ4v) is 1.26. The van der Waals surface area contributed by atoms with E-state index in [4.69, 9.17) is 5.84 Å². The molecule has 0 fully saturated rings. The summed E-state index contributed by atoms with van der Waals surface area (Å²) in [5, 5.41) is 0. The van der Waals surface area contributed by atoms with Gasteiger partial charge in [-0.25, -0.2) is 5.84 Å². The standard InChI is InChI=1S/C11H14F3N3O/c1-2-7-16-10(17-15)8-3-5-9(6-4-8)18-11(12,13)14/h3-6H,2,7,15H2,1H3,(H,16,17). The van der Waals surface area contributed by atoms with Crippen LogP contribution in [-0.4, -0.2) is 18.7 Å². The fourth-order valence-electron chi connectivity index (χ4n) is 1.26. The second-order valence-corrected chi connectivity index (χ2v) is 3.45. The van der Waals surface area contributed by atoms with E-state index in [-0.39, 0.29) is 5.75 Å². The van der Waals surface area contributed by atoms with Gasteiger partial charge in [0.25, 0.3) is 0 Å². The number of nitrogens with two attached hydrogens (primary N) is 1. The first-order valence-electron chi connectivity index (χ1n) is 5.33. The van der Waals surface area contributed by atoms with Crippen molar-refractivity contribution in [2.75, 3.05) is 6.54 Å². The Bertz CT molecular complexity index is 401. The number of halogens is 3. The van der Waals surface area contributed by atoms with Crippen molar-refractivity contribution in [3.8, 4) is 5.75 Å².